The van der Waals surface area contributed by atoms with E-state index in [9.17, 15) is 14.0 Å². The highest BCUT2D eigenvalue weighted by molar-refractivity contribution is 9.10. The van der Waals surface area contributed by atoms with Crippen molar-refractivity contribution in [1.29, 1.82) is 0 Å². The molecule has 0 bridgehead atoms. The average molecular weight is 370 g/mol. The number of fused-ring (bicyclic) bond motifs is 1. The quantitative estimate of drug-likeness (QED) is 0.677. The number of nitrogens with one attached hydrogen (secondary N) is 2. The molecule has 0 amide bonds. The molecule has 0 aliphatic heterocycles. The van der Waals surface area contributed by atoms with Crippen molar-refractivity contribution in [2.75, 3.05) is 0 Å². The standard InChI is InChI=1S/C14H7BrClFN2O2/c15-9-5-12-11(18-14(21)19-12)4-7(9)13(20)8-3-6(16)1-2-10(8)17/h1-5H,(H2,18,19,21). The third kappa shape index (κ3) is 2.52. The lowest BCUT2D eigenvalue weighted by Crippen LogP contribution is -2.05. The maximum atomic E-state index is 13.8. The maximum absolute atomic E-state index is 13.8. The van der Waals surface area contributed by atoms with E-state index in [2.05, 4.69) is 25.9 Å². The van der Waals surface area contributed by atoms with Crippen LogP contribution >= 0.6 is 27.5 Å². The van der Waals surface area contributed by atoms with E-state index in [0.717, 1.165) is 6.07 Å². The molecule has 2 N–H and O–H groups in total. The molecule has 0 fully saturated rings. The SMILES string of the molecule is O=C(c1cc(Cl)ccc1F)c1cc2[nH]c(=O)[nH]c2cc1Br. The lowest BCUT2D eigenvalue weighted by Gasteiger charge is -2.06. The van der Waals surface area contributed by atoms with Gasteiger partial charge in [-0.05, 0) is 46.3 Å². The smallest absolute Gasteiger partial charge is 0.306 e. The van der Waals surface area contributed by atoms with E-state index >= 15 is 0 Å². The Morgan fingerprint density at radius 2 is 1.76 bits per heavy atom. The van der Waals surface area contributed by atoms with Crippen molar-refractivity contribution in [3.63, 3.8) is 0 Å². The Kier molecular flexibility index (Phi) is 3.43. The van der Waals surface area contributed by atoms with Crippen molar-refractivity contribution in [3.8, 4) is 0 Å². The molecular formula is C14H7BrClFN2O2. The topological polar surface area (TPSA) is 65.7 Å². The Bertz CT molecular complexity index is 932. The number of hydrogen-bond acceptors (Lipinski definition) is 2. The predicted octanol–water partition coefficient (Wildman–Crippen LogP) is 3.64. The molecule has 7 heteroatoms. The van der Waals surface area contributed by atoms with Crippen LogP contribution in [-0.4, -0.2) is 15.8 Å². The Morgan fingerprint density at radius 3 is 2.48 bits per heavy atom. The summed E-state index contributed by atoms with van der Waals surface area (Å²) in [4.78, 5) is 28.9. The zero-order chi connectivity index (χ0) is 15.1. The van der Waals surface area contributed by atoms with Crippen LogP contribution in [0.25, 0.3) is 11.0 Å². The molecule has 3 rings (SSSR count). The van der Waals surface area contributed by atoms with E-state index in [4.69, 9.17) is 11.6 Å². The number of ketones is 1. The van der Waals surface area contributed by atoms with Crippen LogP contribution in [0.3, 0.4) is 0 Å². The first-order valence-corrected chi connectivity index (χ1v) is 7.04. The number of H-pyrrole nitrogens is 2. The molecular weight excluding hydrogens is 363 g/mol. The summed E-state index contributed by atoms with van der Waals surface area (Å²) in [5, 5.41) is 0.270. The average Bonchev–Trinajstić information content (AvgIpc) is 2.79. The Labute approximate surface area is 131 Å². The zero-order valence-corrected chi connectivity index (χ0v) is 12.7. The predicted molar refractivity (Wildman–Crippen MR) is 81.5 cm³/mol. The minimum absolute atomic E-state index is 0.125. The normalized spacial score (nSPS) is 11.0. The molecule has 21 heavy (non-hydrogen) atoms. The number of benzene rings is 2. The molecule has 0 aliphatic carbocycles. The molecule has 2 aromatic carbocycles. The summed E-state index contributed by atoms with van der Waals surface area (Å²) >= 11 is 9.06. The monoisotopic (exact) mass is 368 g/mol. The van der Waals surface area contributed by atoms with Crippen molar-refractivity contribution < 1.29 is 9.18 Å². The molecule has 3 aromatic rings. The number of rotatable bonds is 2. The Balaban J connectivity index is 2.19. The summed E-state index contributed by atoms with van der Waals surface area (Å²) < 4.78 is 14.3. The van der Waals surface area contributed by atoms with Gasteiger partial charge in [-0.15, -0.1) is 0 Å². The second kappa shape index (κ2) is 5.13. The van der Waals surface area contributed by atoms with Gasteiger partial charge in [-0.2, -0.15) is 0 Å². The highest BCUT2D eigenvalue weighted by Gasteiger charge is 2.18. The van der Waals surface area contributed by atoms with E-state index in [0.29, 0.717) is 15.5 Å². The van der Waals surface area contributed by atoms with Gasteiger partial charge >= 0.3 is 5.69 Å². The van der Waals surface area contributed by atoms with Crippen LogP contribution < -0.4 is 5.69 Å². The molecule has 106 valence electrons. The van der Waals surface area contributed by atoms with Gasteiger partial charge in [0.1, 0.15) is 5.82 Å². The maximum Gasteiger partial charge on any atom is 0.323 e. The molecule has 0 spiro atoms. The van der Waals surface area contributed by atoms with E-state index in [1.807, 2.05) is 0 Å². The lowest BCUT2D eigenvalue weighted by molar-refractivity contribution is 0.103. The van der Waals surface area contributed by atoms with Crippen LogP contribution in [-0.2, 0) is 0 Å². The molecule has 1 heterocycles. The molecule has 0 radical (unpaired) electrons. The van der Waals surface area contributed by atoms with Gasteiger partial charge in [0.15, 0.2) is 5.78 Å². The van der Waals surface area contributed by atoms with Crippen LogP contribution in [0.1, 0.15) is 15.9 Å². The fraction of sp³-hybridized carbons (Fsp3) is 0. The molecule has 0 unspecified atom stereocenters. The second-order valence-corrected chi connectivity index (χ2v) is 5.70. The molecule has 4 nitrogen and oxygen atoms in total. The van der Waals surface area contributed by atoms with Gasteiger partial charge in [0.2, 0.25) is 0 Å². The summed E-state index contributed by atoms with van der Waals surface area (Å²) in [7, 11) is 0. The van der Waals surface area contributed by atoms with E-state index in [1.54, 1.807) is 6.07 Å². The molecule has 0 saturated carbocycles. The van der Waals surface area contributed by atoms with Crippen molar-refractivity contribution >= 4 is 44.3 Å². The summed E-state index contributed by atoms with van der Waals surface area (Å²) in [6.07, 6.45) is 0. The van der Waals surface area contributed by atoms with Crippen LogP contribution in [0.4, 0.5) is 4.39 Å². The number of aromatic amines is 2. The van der Waals surface area contributed by atoms with Crippen LogP contribution in [0.2, 0.25) is 5.02 Å². The van der Waals surface area contributed by atoms with Gasteiger partial charge in [0.25, 0.3) is 0 Å². The fourth-order valence-corrected chi connectivity index (χ4v) is 2.74. The van der Waals surface area contributed by atoms with Crippen LogP contribution in [0.5, 0.6) is 0 Å². The van der Waals surface area contributed by atoms with Gasteiger partial charge in [-0.3, -0.25) is 4.79 Å². The van der Waals surface area contributed by atoms with Crippen molar-refractivity contribution in [3.05, 3.63) is 67.3 Å². The summed E-state index contributed by atoms with van der Waals surface area (Å²) in [6.45, 7) is 0. The number of hydrogen-bond donors (Lipinski definition) is 2. The van der Waals surface area contributed by atoms with E-state index in [-0.39, 0.29) is 21.8 Å². The first-order chi connectivity index (χ1) is 9.95. The number of carbonyl (C=O) groups excluding carboxylic acids is 1. The molecule has 0 saturated heterocycles. The van der Waals surface area contributed by atoms with Gasteiger partial charge < -0.3 is 9.97 Å². The molecule has 0 aliphatic rings. The first kappa shape index (κ1) is 14.0. The van der Waals surface area contributed by atoms with Gasteiger partial charge in [0, 0.05) is 15.1 Å². The largest absolute Gasteiger partial charge is 0.323 e. The van der Waals surface area contributed by atoms with E-state index < -0.39 is 11.6 Å². The number of carbonyl (C=O) groups is 1. The summed E-state index contributed by atoms with van der Waals surface area (Å²) in [5.41, 5.74) is 0.749. The minimum atomic E-state index is -0.654. The van der Waals surface area contributed by atoms with Crippen molar-refractivity contribution in [1.82, 2.24) is 9.97 Å². The Hall–Kier alpha value is -1.92. The minimum Gasteiger partial charge on any atom is -0.306 e. The number of halogens is 3. The van der Waals surface area contributed by atoms with Crippen molar-refractivity contribution in [2.45, 2.75) is 0 Å². The van der Waals surface area contributed by atoms with Crippen molar-refractivity contribution in [2.24, 2.45) is 0 Å². The summed E-state index contributed by atoms with van der Waals surface area (Å²) in [5.74, 6) is -1.18. The number of imidazole rings is 1. The highest BCUT2D eigenvalue weighted by Crippen LogP contribution is 2.26. The molecule has 1 aromatic heterocycles. The van der Waals surface area contributed by atoms with Gasteiger partial charge in [0.05, 0.1) is 16.6 Å². The van der Waals surface area contributed by atoms with Crippen LogP contribution in [0.15, 0.2) is 39.6 Å². The second-order valence-electron chi connectivity index (χ2n) is 4.41. The molecule has 0 atom stereocenters. The van der Waals surface area contributed by atoms with Gasteiger partial charge in [-0.25, -0.2) is 9.18 Å². The third-order valence-corrected chi connectivity index (χ3v) is 3.91. The number of aromatic nitrogens is 2. The van der Waals surface area contributed by atoms with Crippen LogP contribution in [0, 0.1) is 5.82 Å². The third-order valence-electron chi connectivity index (χ3n) is 3.02. The zero-order valence-electron chi connectivity index (χ0n) is 10.3. The highest BCUT2D eigenvalue weighted by atomic mass is 79.9. The Morgan fingerprint density at radius 1 is 1.10 bits per heavy atom. The summed E-state index contributed by atoms with van der Waals surface area (Å²) in [6, 6.07) is 6.86. The fourth-order valence-electron chi connectivity index (χ4n) is 2.05. The van der Waals surface area contributed by atoms with E-state index in [1.165, 1.54) is 18.2 Å². The van der Waals surface area contributed by atoms with Gasteiger partial charge in [-0.1, -0.05) is 11.6 Å². The lowest BCUT2D eigenvalue weighted by atomic mass is 10.0. The first-order valence-electron chi connectivity index (χ1n) is 5.87.